The molecule has 1 aromatic heterocycles. The highest BCUT2D eigenvalue weighted by Gasteiger charge is 2.31. The maximum absolute atomic E-state index is 12.3. The van der Waals surface area contributed by atoms with E-state index in [1.165, 1.54) is 9.88 Å². The van der Waals surface area contributed by atoms with E-state index in [-0.39, 0.29) is 6.03 Å². The number of nitrogens with one attached hydrogen (secondary N) is 1. The monoisotopic (exact) mass is 386 g/mol. The summed E-state index contributed by atoms with van der Waals surface area (Å²) in [5, 5.41) is 4.19. The molecule has 0 unspecified atom stereocenters. The Bertz CT molecular complexity index is 778. The molecule has 2 amide bonds. The van der Waals surface area contributed by atoms with Gasteiger partial charge in [-0.05, 0) is 31.5 Å². The third-order valence-corrected chi connectivity index (χ3v) is 6.44. The van der Waals surface area contributed by atoms with E-state index in [0.717, 1.165) is 24.3 Å². The van der Waals surface area contributed by atoms with Crippen LogP contribution < -0.4 is 5.32 Å². The van der Waals surface area contributed by atoms with E-state index in [1.807, 2.05) is 30.5 Å². The first-order valence-electron chi connectivity index (χ1n) is 9.54. The molecule has 1 N–H and O–H groups in total. The molecule has 144 valence electrons. The number of benzene rings is 1. The lowest BCUT2D eigenvalue weighted by molar-refractivity contribution is 0.0564. The number of urea groups is 1. The van der Waals surface area contributed by atoms with E-state index in [1.54, 1.807) is 16.2 Å². The average Bonchev–Trinajstić information content (AvgIpc) is 3.11. The Morgan fingerprint density at radius 3 is 2.59 bits per heavy atom. The zero-order valence-corrected chi connectivity index (χ0v) is 16.7. The van der Waals surface area contributed by atoms with Crippen molar-refractivity contribution < 1.29 is 9.53 Å². The van der Waals surface area contributed by atoms with Gasteiger partial charge in [0, 0.05) is 50.0 Å². The van der Waals surface area contributed by atoms with Gasteiger partial charge in [-0.2, -0.15) is 0 Å². The normalized spacial score (nSPS) is 18.6. The maximum Gasteiger partial charge on any atom is 0.321 e. The second kappa shape index (κ2) is 7.96. The fourth-order valence-corrected chi connectivity index (χ4v) is 4.39. The number of hydrogen-bond donors (Lipinski definition) is 1. The highest BCUT2D eigenvalue weighted by molar-refractivity contribution is 7.15. The number of likely N-dealkylation sites (tertiary alicyclic amines) is 1. The van der Waals surface area contributed by atoms with Gasteiger partial charge >= 0.3 is 6.03 Å². The third kappa shape index (κ3) is 4.15. The average molecular weight is 387 g/mol. The Hall–Kier alpha value is -1.96. The summed E-state index contributed by atoms with van der Waals surface area (Å²) in [5.74, 6) is 0.568. The minimum atomic E-state index is -0.0641. The van der Waals surface area contributed by atoms with Crippen LogP contribution in [-0.4, -0.2) is 66.2 Å². The summed E-state index contributed by atoms with van der Waals surface area (Å²) in [7, 11) is 0. The van der Waals surface area contributed by atoms with Gasteiger partial charge in [0.2, 0.25) is 0 Å². The van der Waals surface area contributed by atoms with Crippen LogP contribution >= 0.6 is 11.3 Å². The number of morpholine rings is 1. The van der Waals surface area contributed by atoms with Gasteiger partial charge in [-0.25, -0.2) is 9.78 Å². The minimum Gasteiger partial charge on any atom is -0.378 e. The quantitative estimate of drug-likeness (QED) is 0.874. The van der Waals surface area contributed by atoms with E-state index in [4.69, 9.17) is 4.74 Å². The molecule has 27 heavy (non-hydrogen) atoms. The topological polar surface area (TPSA) is 57.7 Å². The number of thiazole rings is 1. The Morgan fingerprint density at radius 2 is 1.93 bits per heavy atom. The van der Waals surface area contributed by atoms with Crippen LogP contribution in [0.15, 0.2) is 30.5 Å². The summed E-state index contributed by atoms with van der Waals surface area (Å²) in [6.45, 7) is 9.19. The van der Waals surface area contributed by atoms with Gasteiger partial charge in [0.05, 0.1) is 23.1 Å². The molecule has 0 bridgehead atoms. The fraction of sp³-hybridized carbons (Fsp3) is 0.500. The SMILES string of the molecule is CC(C)N1CC(c2ncc(-c3ccc(NC(=O)N4CCOCC4)cc3)s2)C1. The molecule has 2 aliphatic rings. The summed E-state index contributed by atoms with van der Waals surface area (Å²) < 4.78 is 5.28. The van der Waals surface area contributed by atoms with Crippen molar-refractivity contribution in [3.8, 4) is 10.4 Å². The molecule has 2 aliphatic heterocycles. The number of amides is 2. The van der Waals surface area contributed by atoms with Crippen molar-refractivity contribution in [3.63, 3.8) is 0 Å². The molecule has 0 spiro atoms. The summed E-state index contributed by atoms with van der Waals surface area (Å²) in [5.41, 5.74) is 1.95. The lowest BCUT2D eigenvalue weighted by Gasteiger charge is -2.41. The largest absolute Gasteiger partial charge is 0.378 e. The first kappa shape index (κ1) is 18.4. The first-order chi connectivity index (χ1) is 13.1. The van der Waals surface area contributed by atoms with Crippen LogP contribution in [-0.2, 0) is 4.74 Å². The molecule has 7 heteroatoms. The molecule has 1 aromatic carbocycles. The molecule has 0 aliphatic carbocycles. The molecule has 0 saturated carbocycles. The molecular weight excluding hydrogens is 360 g/mol. The van der Waals surface area contributed by atoms with Gasteiger partial charge in [-0.15, -0.1) is 11.3 Å². The molecule has 2 aromatic rings. The van der Waals surface area contributed by atoms with E-state index in [2.05, 4.69) is 29.0 Å². The van der Waals surface area contributed by atoms with E-state index >= 15 is 0 Å². The summed E-state index contributed by atoms with van der Waals surface area (Å²) in [6, 6.07) is 8.56. The van der Waals surface area contributed by atoms with Gasteiger partial charge in [0.15, 0.2) is 0 Å². The number of nitrogens with zero attached hydrogens (tertiary/aromatic N) is 3. The van der Waals surface area contributed by atoms with Crippen molar-refractivity contribution in [2.45, 2.75) is 25.8 Å². The lowest BCUT2D eigenvalue weighted by atomic mass is 9.99. The van der Waals surface area contributed by atoms with Crippen molar-refractivity contribution in [2.24, 2.45) is 0 Å². The van der Waals surface area contributed by atoms with Crippen molar-refractivity contribution in [2.75, 3.05) is 44.7 Å². The van der Waals surface area contributed by atoms with Crippen LogP contribution in [0.2, 0.25) is 0 Å². The van der Waals surface area contributed by atoms with Crippen LogP contribution in [0.5, 0.6) is 0 Å². The Balaban J connectivity index is 1.36. The molecule has 2 saturated heterocycles. The van der Waals surface area contributed by atoms with Crippen LogP contribution in [0.25, 0.3) is 10.4 Å². The number of aromatic nitrogens is 1. The highest BCUT2D eigenvalue weighted by Crippen LogP contribution is 2.35. The minimum absolute atomic E-state index is 0.0641. The zero-order valence-electron chi connectivity index (χ0n) is 15.9. The van der Waals surface area contributed by atoms with Crippen molar-refractivity contribution in [1.82, 2.24) is 14.8 Å². The molecule has 6 nitrogen and oxygen atoms in total. The number of ether oxygens (including phenoxy) is 1. The first-order valence-corrected chi connectivity index (χ1v) is 10.4. The van der Waals surface area contributed by atoms with E-state index in [0.29, 0.717) is 38.3 Å². The van der Waals surface area contributed by atoms with Crippen LogP contribution in [0, 0.1) is 0 Å². The second-order valence-electron chi connectivity index (χ2n) is 7.41. The molecular formula is C20H26N4O2S. The van der Waals surface area contributed by atoms with Gasteiger partial charge in [0.25, 0.3) is 0 Å². The smallest absolute Gasteiger partial charge is 0.321 e. The number of rotatable bonds is 4. The fourth-order valence-electron chi connectivity index (χ4n) is 3.39. The van der Waals surface area contributed by atoms with Crippen molar-refractivity contribution in [1.29, 1.82) is 0 Å². The molecule has 2 fully saturated rings. The zero-order chi connectivity index (χ0) is 18.8. The number of anilines is 1. The predicted molar refractivity (Wildman–Crippen MR) is 108 cm³/mol. The van der Waals surface area contributed by atoms with Gasteiger partial charge in [-0.1, -0.05) is 12.1 Å². The maximum atomic E-state index is 12.3. The number of hydrogen-bond acceptors (Lipinski definition) is 5. The predicted octanol–water partition coefficient (Wildman–Crippen LogP) is 3.48. The van der Waals surface area contributed by atoms with Crippen molar-refractivity contribution >= 4 is 23.1 Å². The Labute approximate surface area is 164 Å². The number of carbonyl (C=O) groups is 1. The summed E-state index contributed by atoms with van der Waals surface area (Å²) in [4.78, 5) is 22.3. The van der Waals surface area contributed by atoms with E-state index < -0.39 is 0 Å². The van der Waals surface area contributed by atoms with Crippen LogP contribution in [0.4, 0.5) is 10.5 Å². The van der Waals surface area contributed by atoms with Crippen molar-refractivity contribution in [3.05, 3.63) is 35.5 Å². The summed E-state index contributed by atoms with van der Waals surface area (Å²) in [6.07, 6.45) is 1.97. The standard InChI is InChI=1S/C20H26N4O2S/c1-14(2)24-12-16(13-24)19-21-11-18(27-19)15-3-5-17(6-4-15)22-20(25)23-7-9-26-10-8-23/h3-6,11,14,16H,7-10,12-13H2,1-2H3,(H,22,25). The highest BCUT2D eigenvalue weighted by atomic mass is 32.1. The Kier molecular flexibility index (Phi) is 5.43. The molecule has 0 atom stereocenters. The molecule has 4 rings (SSSR count). The van der Waals surface area contributed by atoms with Gasteiger partial charge < -0.3 is 15.0 Å². The van der Waals surface area contributed by atoms with Gasteiger partial charge in [-0.3, -0.25) is 4.90 Å². The van der Waals surface area contributed by atoms with E-state index in [9.17, 15) is 4.79 Å². The number of carbonyl (C=O) groups excluding carboxylic acids is 1. The second-order valence-corrected chi connectivity index (χ2v) is 8.48. The van der Waals surface area contributed by atoms with Crippen LogP contribution in [0.1, 0.15) is 24.8 Å². The molecule has 3 heterocycles. The summed E-state index contributed by atoms with van der Waals surface area (Å²) >= 11 is 1.78. The third-order valence-electron chi connectivity index (χ3n) is 5.23. The van der Waals surface area contributed by atoms with Gasteiger partial charge in [0.1, 0.15) is 0 Å². The lowest BCUT2D eigenvalue weighted by Crippen LogP contribution is -2.48. The van der Waals surface area contributed by atoms with Crippen LogP contribution in [0.3, 0.4) is 0 Å². The molecule has 0 radical (unpaired) electrons. The Morgan fingerprint density at radius 1 is 1.22 bits per heavy atom.